The molecule has 0 saturated heterocycles. The van der Waals surface area contributed by atoms with Gasteiger partial charge in [0.25, 0.3) is 0 Å². The predicted molar refractivity (Wildman–Crippen MR) is 82.4 cm³/mol. The van der Waals surface area contributed by atoms with Crippen LogP contribution in [-0.4, -0.2) is 27.0 Å². The number of hydrogen-bond acceptors (Lipinski definition) is 3. The van der Waals surface area contributed by atoms with Crippen LogP contribution in [0.1, 0.15) is 25.7 Å². The van der Waals surface area contributed by atoms with Gasteiger partial charge in [-0.3, -0.25) is 15.2 Å². The Hall–Kier alpha value is -2.02. The Morgan fingerprint density at radius 2 is 2.17 bits per heavy atom. The quantitative estimate of drug-likeness (QED) is 0.890. The molecule has 1 aliphatic rings. The molecular weight excluding hydrogens is 326 g/mol. The average molecular weight is 341 g/mol. The highest BCUT2D eigenvalue weighted by molar-refractivity contribution is 6.33. The van der Waals surface area contributed by atoms with E-state index in [9.17, 15) is 13.6 Å². The molecule has 5 nitrogen and oxygen atoms in total. The Bertz CT molecular complexity index is 719. The van der Waals surface area contributed by atoms with Crippen LogP contribution in [0.4, 0.5) is 14.7 Å². The van der Waals surface area contributed by atoms with E-state index in [4.69, 9.17) is 11.6 Å². The fourth-order valence-corrected chi connectivity index (χ4v) is 2.92. The van der Waals surface area contributed by atoms with Crippen molar-refractivity contribution in [3.8, 4) is 11.4 Å². The number of anilines is 1. The molecule has 0 aliphatic heterocycles. The molecule has 8 heteroatoms. The standard InChI is InChI=1S/C15H15ClF2N4O/c16-11-6-2-1-5-10(11)12-19-14(22-21-12)20-13(23)9-4-3-7-15(17,18)8-9/h1-2,5-6,9H,3-4,7-8H2,(H2,19,20,21,22,23)/t9-/m1/s1. The molecule has 3 rings (SSSR count). The predicted octanol–water partition coefficient (Wildman–Crippen LogP) is 3.89. The second-order valence-electron chi connectivity index (χ2n) is 5.63. The Morgan fingerprint density at radius 1 is 1.39 bits per heavy atom. The van der Waals surface area contributed by atoms with Gasteiger partial charge in [0.1, 0.15) is 0 Å². The largest absolute Gasteiger partial charge is 0.293 e. The van der Waals surface area contributed by atoms with Crippen molar-refractivity contribution in [2.24, 2.45) is 5.92 Å². The molecule has 0 radical (unpaired) electrons. The molecule has 1 aliphatic carbocycles. The first-order valence-corrected chi connectivity index (χ1v) is 7.68. The van der Waals surface area contributed by atoms with Crippen LogP contribution in [0.2, 0.25) is 5.02 Å². The number of benzene rings is 1. The number of aromatic amines is 1. The molecule has 0 bridgehead atoms. The van der Waals surface area contributed by atoms with E-state index in [2.05, 4.69) is 20.5 Å². The fraction of sp³-hybridized carbons (Fsp3) is 0.400. The summed E-state index contributed by atoms with van der Waals surface area (Å²) in [5, 5.41) is 9.55. The number of nitrogens with one attached hydrogen (secondary N) is 2. The molecule has 122 valence electrons. The summed E-state index contributed by atoms with van der Waals surface area (Å²) in [4.78, 5) is 16.2. The van der Waals surface area contributed by atoms with Crippen molar-refractivity contribution in [3.05, 3.63) is 29.3 Å². The van der Waals surface area contributed by atoms with Crippen molar-refractivity contribution in [1.29, 1.82) is 0 Å². The van der Waals surface area contributed by atoms with E-state index in [1.54, 1.807) is 24.3 Å². The van der Waals surface area contributed by atoms with Crippen LogP contribution in [-0.2, 0) is 4.79 Å². The topological polar surface area (TPSA) is 70.7 Å². The molecule has 2 aromatic rings. The van der Waals surface area contributed by atoms with Gasteiger partial charge in [-0.25, -0.2) is 8.78 Å². The summed E-state index contributed by atoms with van der Waals surface area (Å²) in [5.74, 6) is -3.52. The summed E-state index contributed by atoms with van der Waals surface area (Å²) in [7, 11) is 0. The van der Waals surface area contributed by atoms with E-state index in [0.717, 1.165) is 0 Å². The van der Waals surface area contributed by atoms with Gasteiger partial charge in [0.05, 0.1) is 5.02 Å². The van der Waals surface area contributed by atoms with E-state index in [1.807, 2.05) is 0 Å². The Labute approximate surface area is 136 Å². The second-order valence-corrected chi connectivity index (χ2v) is 6.03. The number of carbonyl (C=O) groups is 1. The molecule has 1 fully saturated rings. The van der Waals surface area contributed by atoms with E-state index in [1.165, 1.54) is 0 Å². The third kappa shape index (κ3) is 3.67. The Morgan fingerprint density at radius 3 is 2.91 bits per heavy atom. The maximum atomic E-state index is 13.4. The maximum absolute atomic E-state index is 13.4. The van der Waals surface area contributed by atoms with Crippen LogP contribution < -0.4 is 5.32 Å². The van der Waals surface area contributed by atoms with Gasteiger partial charge >= 0.3 is 0 Å². The van der Waals surface area contributed by atoms with Crippen molar-refractivity contribution in [2.45, 2.75) is 31.6 Å². The van der Waals surface area contributed by atoms with Crippen LogP contribution in [0.3, 0.4) is 0 Å². The number of hydrogen-bond donors (Lipinski definition) is 2. The van der Waals surface area contributed by atoms with Gasteiger partial charge in [0.15, 0.2) is 5.82 Å². The third-order valence-corrected chi connectivity index (χ3v) is 4.19. The van der Waals surface area contributed by atoms with Gasteiger partial charge in [0, 0.05) is 24.3 Å². The van der Waals surface area contributed by atoms with Crippen LogP contribution in [0.25, 0.3) is 11.4 Å². The number of halogens is 3. The second kappa shape index (κ2) is 6.23. The summed E-state index contributed by atoms with van der Waals surface area (Å²) in [6, 6.07) is 7.05. The van der Waals surface area contributed by atoms with Gasteiger partial charge in [-0.1, -0.05) is 23.7 Å². The molecule has 0 unspecified atom stereocenters. The zero-order valence-electron chi connectivity index (χ0n) is 12.2. The lowest BCUT2D eigenvalue weighted by molar-refractivity contribution is -0.127. The normalized spacial score (nSPS) is 20.2. The number of H-pyrrole nitrogens is 1. The first-order valence-electron chi connectivity index (χ1n) is 7.31. The lowest BCUT2D eigenvalue weighted by atomic mass is 9.86. The first-order chi connectivity index (χ1) is 10.9. The summed E-state index contributed by atoms with van der Waals surface area (Å²) in [5.41, 5.74) is 0.645. The van der Waals surface area contributed by atoms with E-state index >= 15 is 0 Å². The SMILES string of the molecule is O=C(Nc1n[nH]c(-c2ccccc2Cl)n1)[C@@H]1CCCC(F)(F)C1. The fourth-order valence-electron chi connectivity index (χ4n) is 2.70. The van der Waals surface area contributed by atoms with Crippen LogP contribution >= 0.6 is 11.6 Å². The molecule has 1 saturated carbocycles. The summed E-state index contributed by atoms with van der Waals surface area (Å²) < 4.78 is 26.8. The van der Waals surface area contributed by atoms with E-state index < -0.39 is 24.2 Å². The summed E-state index contributed by atoms with van der Waals surface area (Å²) >= 11 is 6.07. The lowest BCUT2D eigenvalue weighted by Crippen LogP contribution is -2.33. The van der Waals surface area contributed by atoms with Crippen LogP contribution in [0, 0.1) is 5.92 Å². The Kier molecular flexibility index (Phi) is 4.30. The molecule has 1 heterocycles. The number of aromatic nitrogens is 3. The van der Waals surface area contributed by atoms with Crippen molar-refractivity contribution < 1.29 is 13.6 Å². The van der Waals surface area contributed by atoms with Crippen molar-refractivity contribution in [2.75, 3.05) is 5.32 Å². The van der Waals surface area contributed by atoms with Crippen LogP contribution in [0.5, 0.6) is 0 Å². The highest BCUT2D eigenvalue weighted by Crippen LogP contribution is 2.37. The highest BCUT2D eigenvalue weighted by Gasteiger charge is 2.39. The first kappa shape index (κ1) is 15.9. The van der Waals surface area contributed by atoms with Crippen LogP contribution in [0.15, 0.2) is 24.3 Å². The molecule has 23 heavy (non-hydrogen) atoms. The zero-order valence-corrected chi connectivity index (χ0v) is 12.9. The summed E-state index contributed by atoms with van der Waals surface area (Å²) in [6.45, 7) is 0. The van der Waals surface area contributed by atoms with Crippen molar-refractivity contribution in [3.63, 3.8) is 0 Å². The van der Waals surface area contributed by atoms with Gasteiger partial charge in [-0.05, 0) is 25.0 Å². The summed E-state index contributed by atoms with van der Waals surface area (Å²) in [6.07, 6.45) is 0.196. The minimum atomic E-state index is -2.78. The molecule has 1 amide bonds. The molecule has 1 aromatic heterocycles. The Balaban J connectivity index is 1.70. The molecule has 1 aromatic carbocycles. The third-order valence-electron chi connectivity index (χ3n) is 3.86. The highest BCUT2D eigenvalue weighted by atomic mass is 35.5. The monoisotopic (exact) mass is 340 g/mol. The van der Waals surface area contributed by atoms with Gasteiger partial charge in [0.2, 0.25) is 17.8 Å². The smallest absolute Gasteiger partial charge is 0.249 e. The molecule has 2 N–H and O–H groups in total. The average Bonchev–Trinajstić information content (AvgIpc) is 2.95. The van der Waals surface area contributed by atoms with Crippen molar-refractivity contribution >= 4 is 23.5 Å². The number of alkyl halides is 2. The zero-order chi connectivity index (χ0) is 16.4. The minimum absolute atomic E-state index is 0.0545. The number of amides is 1. The number of nitrogens with zero attached hydrogens (tertiary/aromatic N) is 2. The maximum Gasteiger partial charge on any atom is 0.249 e. The van der Waals surface area contributed by atoms with E-state index in [-0.39, 0.29) is 12.4 Å². The van der Waals surface area contributed by atoms with Crippen molar-refractivity contribution in [1.82, 2.24) is 15.2 Å². The molecule has 1 atom stereocenters. The minimum Gasteiger partial charge on any atom is -0.293 e. The van der Waals surface area contributed by atoms with Gasteiger partial charge in [-0.15, -0.1) is 5.10 Å². The lowest BCUT2D eigenvalue weighted by Gasteiger charge is -2.27. The number of rotatable bonds is 3. The molecule has 0 spiro atoms. The van der Waals surface area contributed by atoms with Gasteiger partial charge < -0.3 is 0 Å². The van der Waals surface area contributed by atoms with E-state index in [0.29, 0.717) is 29.3 Å². The molecular formula is C15H15ClF2N4O. The number of carbonyl (C=O) groups excluding carboxylic acids is 1. The van der Waals surface area contributed by atoms with Gasteiger partial charge in [-0.2, -0.15) is 4.98 Å².